The lowest BCUT2D eigenvalue weighted by molar-refractivity contribution is 0.0734. The molecule has 0 aliphatic heterocycles. The number of ketones is 1. The average molecular weight is 558 g/mol. The molecule has 0 heterocycles. The molecule has 1 N–H and O–H groups in total. The van der Waals surface area contributed by atoms with Gasteiger partial charge in [0.2, 0.25) is 0 Å². The molecular formula is C36H47NO4. The van der Waals surface area contributed by atoms with Crippen LogP contribution in [0.5, 0.6) is 11.5 Å². The predicted molar refractivity (Wildman–Crippen MR) is 168 cm³/mol. The number of unbranched alkanes of at least 4 members (excludes halogenated alkanes) is 2. The van der Waals surface area contributed by atoms with Crippen molar-refractivity contribution in [3.05, 3.63) is 89.5 Å². The number of phenolic OH excluding ortho intramolecular Hbond substituents is 1. The Kier molecular flexibility index (Phi) is 12.9. The molecule has 0 bridgehead atoms. The Morgan fingerprint density at radius 2 is 1.34 bits per heavy atom. The summed E-state index contributed by atoms with van der Waals surface area (Å²) in [4.78, 5) is 28.2. The van der Waals surface area contributed by atoms with Crippen LogP contribution < -0.4 is 9.64 Å². The minimum absolute atomic E-state index is 0.161. The first-order valence-electron chi connectivity index (χ1n) is 15.4. The molecule has 0 saturated heterocycles. The molecule has 3 rings (SSSR count). The molecule has 0 fully saturated rings. The summed E-state index contributed by atoms with van der Waals surface area (Å²) in [5.74, 6) is 0.457. The minimum atomic E-state index is -0.506. The summed E-state index contributed by atoms with van der Waals surface area (Å²) in [6.07, 6.45) is 9.73. The summed E-state index contributed by atoms with van der Waals surface area (Å²) in [6, 6.07) is 20.8. The first-order chi connectivity index (χ1) is 19.9. The molecule has 3 aromatic carbocycles. The lowest BCUT2D eigenvalue weighted by Gasteiger charge is -2.32. The zero-order chi connectivity index (χ0) is 29.6. The van der Waals surface area contributed by atoms with Crippen molar-refractivity contribution in [1.82, 2.24) is 0 Å². The molecule has 220 valence electrons. The van der Waals surface area contributed by atoms with Crippen LogP contribution in [0.3, 0.4) is 0 Å². The number of hydrogen-bond acceptors (Lipinski definition) is 5. The van der Waals surface area contributed by atoms with Crippen LogP contribution in [0, 0.1) is 11.8 Å². The standard InChI is InChI=1S/C36H47NO4/c1-5-9-14-27(7-3)25-37(26-28(8-4)15-10-6-2)31-20-18-30(19-21-31)36(40)41-32-22-23-33(34(38)24-32)35(39)29-16-12-11-13-17-29/h11-13,16-24,27-28,38H,5-10,14-15,25-26H2,1-4H3. The van der Waals surface area contributed by atoms with Gasteiger partial charge >= 0.3 is 5.97 Å². The van der Waals surface area contributed by atoms with Crippen molar-refractivity contribution in [2.45, 2.75) is 79.1 Å². The van der Waals surface area contributed by atoms with Crippen LogP contribution in [-0.2, 0) is 0 Å². The zero-order valence-electron chi connectivity index (χ0n) is 25.3. The fourth-order valence-electron chi connectivity index (χ4n) is 5.23. The number of phenols is 1. The molecule has 0 spiro atoms. The van der Waals surface area contributed by atoms with E-state index in [-0.39, 0.29) is 22.8 Å². The van der Waals surface area contributed by atoms with E-state index in [9.17, 15) is 14.7 Å². The number of anilines is 1. The second-order valence-electron chi connectivity index (χ2n) is 11.0. The predicted octanol–water partition coefficient (Wildman–Crippen LogP) is 9.08. The molecule has 5 heteroatoms. The van der Waals surface area contributed by atoms with Gasteiger partial charge in [-0.05, 0) is 61.1 Å². The number of rotatable bonds is 17. The molecule has 0 amide bonds. The van der Waals surface area contributed by atoms with Gasteiger partial charge in [-0.15, -0.1) is 0 Å². The summed E-state index contributed by atoms with van der Waals surface area (Å²) in [6.45, 7) is 11.1. The molecule has 0 radical (unpaired) electrons. The molecule has 0 aliphatic carbocycles. The highest BCUT2D eigenvalue weighted by atomic mass is 16.5. The fourth-order valence-corrected chi connectivity index (χ4v) is 5.23. The Morgan fingerprint density at radius 3 is 1.85 bits per heavy atom. The highest BCUT2D eigenvalue weighted by molar-refractivity contribution is 6.10. The summed E-state index contributed by atoms with van der Waals surface area (Å²) in [5, 5.41) is 10.5. The van der Waals surface area contributed by atoms with Gasteiger partial charge in [0.1, 0.15) is 11.5 Å². The third-order valence-corrected chi connectivity index (χ3v) is 7.97. The third kappa shape index (κ3) is 9.48. The van der Waals surface area contributed by atoms with E-state index in [0.29, 0.717) is 23.0 Å². The molecule has 5 nitrogen and oxygen atoms in total. The first-order valence-corrected chi connectivity index (χ1v) is 15.4. The van der Waals surface area contributed by atoms with Crippen molar-refractivity contribution in [1.29, 1.82) is 0 Å². The van der Waals surface area contributed by atoms with E-state index in [0.717, 1.165) is 31.6 Å². The molecule has 0 aliphatic rings. The van der Waals surface area contributed by atoms with Gasteiger partial charge in [0.15, 0.2) is 5.78 Å². The van der Waals surface area contributed by atoms with Gasteiger partial charge in [-0.25, -0.2) is 4.79 Å². The van der Waals surface area contributed by atoms with Crippen molar-refractivity contribution >= 4 is 17.4 Å². The van der Waals surface area contributed by atoms with E-state index in [1.54, 1.807) is 24.3 Å². The zero-order valence-corrected chi connectivity index (χ0v) is 25.3. The molecule has 0 aromatic heterocycles. The largest absolute Gasteiger partial charge is 0.507 e. The molecule has 2 atom stereocenters. The van der Waals surface area contributed by atoms with Crippen molar-refractivity contribution in [2.24, 2.45) is 11.8 Å². The maximum atomic E-state index is 12.9. The summed E-state index contributed by atoms with van der Waals surface area (Å²) >= 11 is 0. The molecule has 3 aromatic rings. The van der Waals surface area contributed by atoms with Gasteiger partial charge in [-0.1, -0.05) is 96.6 Å². The lowest BCUT2D eigenvalue weighted by atomic mass is 9.95. The quantitative estimate of drug-likeness (QED) is 0.102. The Labute approximate surface area is 246 Å². The SMILES string of the molecule is CCCCC(CC)CN(CC(CC)CCCC)c1ccc(C(=O)Oc2ccc(C(=O)c3ccccc3)c(O)c2)cc1. The smallest absolute Gasteiger partial charge is 0.343 e. The van der Waals surface area contributed by atoms with Crippen LogP contribution in [0.15, 0.2) is 72.8 Å². The van der Waals surface area contributed by atoms with Gasteiger partial charge in [0, 0.05) is 30.4 Å². The average Bonchev–Trinajstić information content (AvgIpc) is 3.00. The number of hydrogen-bond donors (Lipinski definition) is 1. The Hall–Kier alpha value is -3.60. The number of nitrogens with zero attached hydrogens (tertiary/aromatic N) is 1. The van der Waals surface area contributed by atoms with Crippen LogP contribution in [0.2, 0.25) is 0 Å². The maximum absolute atomic E-state index is 12.9. The number of carbonyl (C=O) groups excluding carboxylic acids is 2. The first kappa shape index (κ1) is 31.9. The van der Waals surface area contributed by atoms with Gasteiger partial charge < -0.3 is 14.7 Å². The van der Waals surface area contributed by atoms with Crippen molar-refractivity contribution in [3.63, 3.8) is 0 Å². The van der Waals surface area contributed by atoms with Crippen LogP contribution >= 0.6 is 0 Å². The van der Waals surface area contributed by atoms with Crippen LogP contribution in [0.1, 0.15) is 105 Å². The van der Waals surface area contributed by atoms with Crippen molar-refractivity contribution < 1.29 is 19.4 Å². The Bertz CT molecular complexity index is 1200. The van der Waals surface area contributed by atoms with Gasteiger partial charge in [0.05, 0.1) is 11.1 Å². The lowest BCUT2D eigenvalue weighted by Crippen LogP contribution is -2.34. The fraction of sp³-hybridized carbons (Fsp3) is 0.444. The Balaban J connectivity index is 1.72. The van der Waals surface area contributed by atoms with Crippen LogP contribution in [-0.4, -0.2) is 29.9 Å². The van der Waals surface area contributed by atoms with E-state index < -0.39 is 5.97 Å². The van der Waals surface area contributed by atoms with E-state index in [2.05, 4.69) is 32.6 Å². The summed E-state index contributed by atoms with van der Waals surface area (Å²) in [7, 11) is 0. The highest BCUT2D eigenvalue weighted by Gasteiger charge is 2.19. The van der Waals surface area contributed by atoms with Gasteiger partial charge in [-0.3, -0.25) is 4.79 Å². The molecular weight excluding hydrogens is 510 g/mol. The maximum Gasteiger partial charge on any atom is 0.343 e. The number of aromatic hydroxyl groups is 1. The van der Waals surface area contributed by atoms with E-state index in [1.807, 2.05) is 30.3 Å². The second kappa shape index (κ2) is 16.6. The van der Waals surface area contributed by atoms with E-state index >= 15 is 0 Å². The van der Waals surface area contributed by atoms with E-state index in [1.165, 1.54) is 56.7 Å². The van der Waals surface area contributed by atoms with Crippen LogP contribution in [0.4, 0.5) is 5.69 Å². The molecule has 41 heavy (non-hydrogen) atoms. The Morgan fingerprint density at radius 1 is 0.756 bits per heavy atom. The third-order valence-electron chi connectivity index (χ3n) is 7.97. The van der Waals surface area contributed by atoms with Gasteiger partial charge in [0.25, 0.3) is 0 Å². The molecule has 0 saturated carbocycles. The second-order valence-corrected chi connectivity index (χ2v) is 11.0. The van der Waals surface area contributed by atoms with Crippen molar-refractivity contribution in [3.8, 4) is 11.5 Å². The number of esters is 1. The number of ether oxygens (including phenoxy) is 1. The summed E-state index contributed by atoms with van der Waals surface area (Å²) < 4.78 is 5.55. The van der Waals surface area contributed by atoms with Gasteiger partial charge in [-0.2, -0.15) is 0 Å². The topological polar surface area (TPSA) is 66.8 Å². The number of carbonyl (C=O) groups is 2. The van der Waals surface area contributed by atoms with E-state index in [4.69, 9.17) is 4.74 Å². The van der Waals surface area contributed by atoms with Crippen molar-refractivity contribution in [2.75, 3.05) is 18.0 Å². The number of benzene rings is 3. The highest BCUT2D eigenvalue weighted by Crippen LogP contribution is 2.28. The minimum Gasteiger partial charge on any atom is -0.507 e. The molecule has 2 unspecified atom stereocenters. The normalized spacial score (nSPS) is 12.5. The summed E-state index contributed by atoms with van der Waals surface area (Å²) in [5.41, 5.74) is 2.21. The monoisotopic (exact) mass is 557 g/mol. The van der Waals surface area contributed by atoms with Crippen LogP contribution in [0.25, 0.3) is 0 Å².